The second-order valence-corrected chi connectivity index (χ2v) is 4.49. The number of carbonyl (C=O) groups is 2. The first kappa shape index (κ1) is 18.5. The molecule has 0 unspecified atom stereocenters. The molecule has 0 aliphatic rings. The van der Waals surface area contributed by atoms with E-state index < -0.39 is 11.9 Å². The minimum atomic E-state index is -0.546. The topological polar surface area (TPSA) is 71.1 Å². The lowest BCUT2D eigenvalue weighted by molar-refractivity contribution is -0.145. The average molecular weight is 322 g/mol. The maximum absolute atomic E-state index is 12.0. The molecule has 0 atom stereocenters. The molecule has 0 saturated carbocycles. The van der Waals surface area contributed by atoms with Crippen LogP contribution in [0.25, 0.3) is 6.08 Å². The van der Waals surface area contributed by atoms with E-state index in [1.807, 2.05) is 0 Å². The van der Waals surface area contributed by atoms with Gasteiger partial charge in [-0.2, -0.15) is 0 Å². The van der Waals surface area contributed by atoms with Gasteiger partial charge in [0.2, 0.25) is 0 Å². The number of benzene rings is 1. The predicted octanol–water partition coefficient (Wildman–Crippen LogP) is 2.60. The summed E-state index contributed by atoms with van der Waals surface area (Å²) in [7, 11) is 3.06. The van der Waals surface area contributed by atoms with E-state index >= 15 is 0 Å². The van der Waals surface area contributed by atoms with Crippen LogP contribution in [0.5, 0.6) is 11.5 Å². The molecule has 1 aromatic rings. The van der Waals surface area contributed by atoms with Crippen LogP contribution in [-0.4, -0.2) is 39.4 Å². The normalized spacial score (nSPS) is 10.9. The zero-order chi connectivity index (χ0) is 17.2. The maximum Gasteiger partial charge on any atom is 0.334 e. The third kappa shape index (κ3) is 5.65. The number of methoxy groups -OCH3 is 2. The lowest BCUT2D eigenvalue weighted by Crippen LogP contribution is -2.13. The summed E-state index contributed by atoms with van der Waals surface area (Å²) in [5.74, 6) is 0.0796. The molecular formula is C17H22O6. The van der Waals surface area contributed by atoms with Gasteiger partial charge in [0.05, 0.1) is 33.9 Å². The van der Waals surface area contributed by atoms with E-state index in [2.05, 4.69) is 0 Å². The van der Waals surface area contributed by atoms with Crippen LogP contribution in [0.4, 0.5) is 0 Å². The zero-order valence-corrected chi connectivity index (χ0v) is 13.9. The maximum atomic E-state index is 12.0. The molecule has 0 amide bonds. The van der Waals surface area contributed by atoms with Crippen molar-refractivity contribution >= 4 is 18.0 Å². The van der Waals surface area contributed by atoms with Crippen LogP contribution in [0.1, 0.15) is 25.8 Å². The van der Waals surface area contributed by atoms with Crippen LogP contribution in [0.15, 0.2) is 23.8 Å². The van der Waals surface area contributed by atoms with Crippen molar-refractivity contribution in [2.75, 3.05) is 27.4 Å². The monoisotopic (exact) mass is 322 g/mol. The van der Waals surface area contributed by atoms with E-state index in [4.69, 9.17) is 18.9 Å². The van der Waals surface area contributed by atoms with Crippen LogP contribution in [-0.2, 0) is 19.1 Å². The molecule has 6 heteroatoms. The lowest BCUT2D eigenvalue weighted by atomic mass is 10.1. The summed E-state index contributed by atoms with van der Waals surface area (Å²) in [6.45, 7) is 3.90. The number of ether oxygens (including phenoxy) is 4. The third-order valence-corrected chi connectivity index (χ3v) is 2.93. The summed E-state index contributed by atoms with van der Waals surface area (Å²) >= 11 is 0. The minimum absolute atomic E-state index is 0.152. The van der Waals surface area contributed by atoms with Crippen LogP contribution in [0, 0.1) is 0 Å². The van der Waals surface area contributed by atoms with Crippen LogP contribution >= 0.6 is 0 Å². The quantitative estimate of drug-likeness (QED) is 0.541. The highest BCUT2D eigenvalue weighted by Crippen LogP contribution is 2.28. The Morgan fingerprint density at radius 1 is 1.00 bits per heavy atom. The fourth-order valence-electron chi connectivity index (χ4n) is 1.92. The van der Waals surface area contributed by atoms with Crippen molar-refractivity contribution in [2.45, 2.75) is 20.3 Å². The van der Waals surface area contributed by atoms with Crippen molar-refractivity contribution in [3.8, 4) is 11.5 Å². The van der Waals surface area contributed by atoms with Gasteiger partial charge in [-0.15, -0.1) is 0 Å². The fraction of sp³-hybridized carbons (Fsp3) is 0.412. The second kappa shape index (κ2) is 9.50. The number of rotatable bonds is 8. The molecule has 1 rings (SSSR count). The molecule has 0 aromatic heterocycles. The van der Waals surface area contributed by atoms with Crippen LogP contribution in [0.2, 0.25) is 0 Å². The van der Waals surface area contributed by atoms with Gasteiger partial charge in [-0.1, -0.05) is 6.07 Å². The summed E-state index contributed by atoms with van der Waals surface area (Å²) in [6, 6.07) is 5.19. The van der Waals surface area contributed by atoms with Crippen molar-refractivity contribution in [3.05, 3.63) is 29.3 Å². The van der Waals surface area contributed by atoms with Crippen molar-refractivity contribution in [1.29, 1.82) is 0 Å². The second-order valence-electron chi connectivity index (χ2n) is 4.49. The smallest absolute Gasteiger partial charge is 0.334 e. The molecule has 1 aromatic carbocycles. The van der Waals surface area contributed by atoms with Crippen LogP contribution < -0.4 is 9.47 Å². The fourth-order valence-corrected chi connectivity index (χ4v) is 1.92. The molecule has 0 fully saturated rings. The molecule has 6 nitrogen and oxygen atoms in total. The molecule has 0 heterocycles. The first-order valence-corrected chi connectivity index (χ1v) is 7.31. The Morgan fingerprint density at radius 3 is 2.22 bits per heavy atom. The Kier molecular flexibility index (Phi) is 7.66. The van der Waals surface area contributed by atoms with Gasteiger partial charge in [-0.3, -0.25) is 4.79 Å². The van der Waals surface area contributed by atoms with Crippen molar-refractivity contribution in [1.82, 2.24) is 0 Å². The highest BCUT2D eigenvalue weighted by atomic mass is 16.5. The lowest BCUT2D eigenvalue weighted by Gasteiger charge is -2.10. The summed E-state index contributed by atoms with van der Waals surface area (Å²) in [6.07, 6.45) is 1.43. The molecule has 0 N–H and O–H groups in total. The summed E-state index contributed by atoms with van der Waals surface area (Å²) < 4.78 is 20.3. The third-order valence-electron chi connectivity index (χ3n) is 2.93. The first-order chi connectivity index (χ1) is 11.0. The number of hydrogen-bond acceptors (Lipinski definition) is 6. The molecule has 0 saturated heterocycles. The Hall–Kier alpha value is -2.50. The molecule has 23 heavy (non-hydrogen) atoms. The number of carbonyl (C=O) groups excluding carboxylic acids is 2. The molecule has 0 radical (unpaired) electrons. The predicted molar refractivity (Wildman–Crippen MR) is 85.4 cm³/mol. The van der Waals surface area contributed by atoms with Crippen LogP contribution in [0.3, 0.4) is 0 Å². The molecular weight excluding hydrogens is 300 g/mol. The molecule has 0 aliphatic heterocycles. The van der Waals surface area contributed by atoms with Gasteiger partial charge in [0.25, 0.3) is 0 Å². The van der Waals surface area contributed by atoms with E-state index in [0.29, 0.717) is 17.1 Å². The molecule has 126 valence electrons. The van der Waals surface area contributed by atoms with Gasteiger partial charge in [0, 0.05) is 5.57 Å². The van der Waals surface area contributed by atoms with Crippen molar-refractivity contribution in [2.24, 2.45) is 0 Å². The van der Waals surface area contributed by atoms with Gasteiger partial charge >= 0.3 is 11.9 Å². The first-order valence-electron chi connectivity index (χ1n) is 7.31. The SMILES string of the molecule is CCOC(=O)CC(=Cc1ccc(OC)c(OC)c1)C(=O)OCC. The molecule has 0 spiro atoms. The zero-order valence-electron chi connectivity index (χ0n) is 13.9. The number of esters is 2. The highest BCUT2D eigenvalue weighted by Gasteiger charge is 2.16. The average Bonchev–Trinajstić information content (AvgIpc) is 2.54. The largest absolute Gasteiger partial charge is 0.493 e. The Labute approximate surface area is 136 Å². The summed E-state index contributed by atoms with van der Waals surface area (Å²) in [5, 5.41) is 0. The Bertz CT molecular complexity index is 576. The van der Waals surface area contributed by atoms with Gasteiger partial charge in [-0.25, -0.2) is 4.79 Å². The number of hydrogen-bond donors (Lipinski definition) is 0. The van der Waals surface area contributed by atoms with E-state index in [1.165, 1.54) is 14.2 Å². The van der Waals surface area contributed by atoms with Gasteiger partial charge in [0.1, 0.15) is 0 Å². The molecule has 0 aliphatic carbocycles. The van der Waals surface area contributed by atoms with Gasteiger partial charge < -0.3 is 18.9 Å². The highest BCUT2D eigenvalue weighted by molar-refractivity contribution is 5.98. The summed E-state index contributed by atoms with van der Waals surface area (Å²) in [4.78, 5) is 23.7. The van der Waals surface area contributed by atoms with Gasteiger partial charge in [0.15, 0.2) is 11.5 Å². The minimum Gasteiger partial charge on any atom is -0.493 e. The van der Waals surface area contributed by atoms with E-state index in [0.717, 1.165) is 0 Å². The molecule has 0 bridgehead atoms. The Morgan fingerprint density at radius 2 is 1.65 bits per heavy atom. The Balaban J connectivity index is 3.11. The van der Waals surface area contributed by atoms with E-state index in [1.54, 1.807) is 38.1 Å². The van der Waals surface area contributed by atoms with Crippen molar-refractivity contribution < 1.29 is 28.5 Å². The van der Waals surface area contributed by atoms with Gasteiger partial charge in [-0.05, 0) is 37.6 Å². The standard InChI is InChI=1S/C17H22O6/c1-5-22-16(18)11-13(17(19)23-6-2)9-12-7-8-14(20-3)15(10-12)21-4/h7-10H,5-6,11H2,1-4H3. The van der Waals surface area contributed by atoms with E-state index in [9.17, 15) is 9.59 Å². The van der Waals surface area contributed by atoms with Crippen molar-refractivity contribution in [3.63, 3.8) is 0 Å². The van der Waals surface area contributed by atoms with E-state index in [-0.39, 0.29) is 25.2 Å². The summed E-state index contributed by atoms with van der Waals surface area (Å²) in [5.41, 5.74) is 0.910.